The van der Waals surface area contributed by atoms with Crippen LogP contribution in [0.2, 0.25) is 5.02 Å². The standard InChI is InChI=1S/C15H14ClF2NO/c16-12-4-2-11(3-5-12)15(20)9-19-8-10-1-6-13(17)14(18)7-10/h1-7,15,19-20H,8-9H2. The molecule has 0 spiro atoms. The molecule has 0 aliphatic carbocycles. The molecule has 1 atom stereocenters. The third-order valence-electron chi connectivity index (χ3n) is 2.91. The van der Waals surface area contributed by atoms with E-state index in [9.17, 15) is 13.9 Å². The first-order valence-electron chi connectivity index (χ1n) is 6.14. The van der Waals surface area contributed by atoms with E-state index in [1.165, 1.54) is 6.07 Å². The quantitative estimate of drug-likeness (QED) is 0.886. The molecular weight excluding hydrogens is 284 g/mol. The molecule has 0 fully saturated rings. The van der Waals surface area contributed by atoms with Crippen LogP contribution < -0.4 is 5.32 Å². The van der Waals surface area contributed by atoms with Crippen LogP contribution in [-0.4, -0.2) is 11.7 Å². The largest absolute Gasteiger partial charge is 0.387 e. The van der Waals surface area contributed by atoms with E-state index < -0.39 is 17.7 Å². The average Bonchev–Trinajstić information content (AvgIpc) is 2.43. The van der Waals surface area contributed by atoms with E-state index in [1.54, 1.807) is 24.3 Å². The van der Waals surface area contributed by atoms with Crippen LogP contribution in [0.1, 0.15) is 17.2 Å². The number of halogens is 3. The highest BCUT2D eigenvalue weighted by molar-refractivity contribution is 6.30. The van der Waals surface area contributed by atoms with Crippen molar-refractivity contribution in [2.75, 3.05) is 6.54 Å². The average molecular weight is 298 g/mol. The van der Waals surface area contributed by atoms with Gasteiger partial charge in [0.2, 0.25) is 0 Å². The van der Waals surface area contributed by atoms with Gasteiger partial charge in [0.25, 0.3) is 0 Å². The molecule has 2 aromatic carbocycles. The second-order valence-corrected chi connectivity index (χ2v) is 4.88. The molecule has 0 saturated carbocycles. The normalized spacial score (nSPS) is 12.4. The summed E-state index contributed by atoms with van der Waals surface area (Å²) in [7, 11) is 0. The lowest BCUT2D eigenvalue weighted by Crippen LogP contribution is -2.21. The van der Waals surface area contributed by atoms with Gasteiger partial charge in [0.15, 0.2) is 11.6 Å². The van der Waals surface area contributed by atoms with Crippen molar-refractivity contribution in [3.8, 4) is 0 Å². The smallest absolute Gasteiger partial charge is 0.159 e. The summed E-state index contributed by atoms with van der Waals surface area (Å²) < 4.78 is 25.8. The summed E-state index contributed by atoms with van der Waals surface area (Å²) in [6.07, 6.45) is -0.683. The molecule has 0 aliphatic heterocycles. The third kappa shape index (κ3) is 4.00. The molecular formula is C15H14ClF2NO. The van der Waals surface area contributed by atoms with Crippen LogP contribution in [0.5, 0.6) is 0 Å². The summed E-state index contributed by atoms with van der Waals surface area (Å²) in [5.41, 5.74) is 1.36. The Kier molecular flexibility index (Phi) is 5.06. The summed E-state index contributed by atoms with van der Waals surface area (Å²) >= 11 is 5.76. The summed E-state index contributed by atoms with van der Waals surface area (Å²) in [5.74, 6) is -1.74. The van der Waals surface area contributed by atoms with Gasteiger partial charge >= 0.3 is 0 Å². The molecule has 0 saturated heterocycles. The van der Waals surface area contributed by atoms with E-state index in [2.05, 4.69) is 5.32 Å². The van der Waals surface area contributed by atoms with Gasteiger partial charge < -0.3 is 10.4 Å². The number of benzene rings is 2. The molecule has 0 radical (unpaired) electrons. The topological polar surface area (TPSA) is 32.3 Å². The van der Waals surface area contributed by atoms with E-state index in [-0.39, 0.29) is 0 Å². The van der Waals surface area contributed by atoms with E-state index >= 15 is 0 Å². The van der Waals surface area contributed by atoms with Crippen molar-refractivity contribution in [2.45, 2.75) is 12.6 Å². The maximum atomic E-state index is 13.0. The molecule has 0 aliphatic rings. The summed E-state index contributed by atoms with van der Waals surface area (Å²) in [5, 5.41) is 13.5. The first kappa shape index (κ1) is 14.9. The number of hydrogen-bond acceptors (Lipinski definition) is 2. The Morgan fingerprint density at radius 1 is 1.05 bits per heavy atom. The maximum absolute atomic E-state index is 13.0. The van der Waals surface area contributed by atoms with Crippen molar-refractivity contribution in [2.24, 2.45) is 0 Å². The van der Waals surface area contributed by atoms with E-state index in [0.29, 0.717) is 23.7 Å². The van der Waals surface area contributed by atoms with Crippen molar-refractivity contribution in [3.05, 3.63) is 70.2 Å². The minimum atomic E-state index is -0.873. The lowest BCUT2D eigenvalue weighted by Gasteiger charge is -2.12. The van der Waals surface area contributed by atoms with E-state index in [0.717, 1.165) is 17.7 Å². The molecule has 0 heterocycles. The Balaban J connectivity index is 1.86. The molecule has 0 amide bonds. The lowest BCUT2D eigenvalue weighted by atomic mass is 10.1. The third-order valence-corrected chi connectivity index (χ3v) is 3.16. The first-order valence-corrected chi connectivity index (χ1v) is 6.52. The van der Waals surface area contributed by atoms with Crippen LogP contribution in [0.25, 0.3) is 0 Å². The zero-order chi connectivity index (χ0) is 14.5. The van der Waals surface area contributed by atoms with Gasteiger partial charge in [-0.3, -0.25) is 0 Å². The van der Waals surface area contributed by atoms with Crippen LogP contribution in [0.15, 0.2) is 42.5 Å². The van der Waals surface area contributed by atoms with Crippen LogP contribution in [0.4, 0.5) is 8.78 Å². The zero-order valence-corrected chi connectivity index (χ0v) is 11.4. The fourth-order valence-electron chi connectivity index (χ4n) is 1.81. The van der Waals surface area contributed by atoms with E-state index in [1.807, 2.05) is 0 Å². The fraction of sp³-hybridized carbons (Fsp3) is 0.200. The van der Waals surface area contributed by atoms with Crippen LogP contribution in [-0.2, 0) is 6.54 Å². The fourth-order valence-corrected chi connectivity index (χ4v) is 1.93. The maximum Gasteiger partial charge on any atom is 0.159 e. The van der Waals surface area contributed by atoms with Gasteiger partial charge in [0.05, 0.1) is 6.10 Å². The summed E-state index contributed by atoms with van der Waals surface area (Å²) in [6, 6.07) is 10.6. The SMILES string of the molecule is OC(CNCc1ccc(F)c(F)c1)c1ccc(Cl)cc1. The van der Waals surface area contributed by atoms with Gasteiger partial charge in [-0.15, -0.1) is 0 Å². The van der Waals surface area contributed by atoms with Crippen molar-refractivity contribution in [3.63, 3.8) is 0 Å². The summed E-state index contributed by atoms with van der Waals surface area (Å²) in [6.45, 7) is 0.655. The summed E-state index contributed by atoms with van der Waals surface area (Å²) in [4.78, 5) is 0. The van der Waals surface area contributed by atoms with Crippen molar-refractivity contribution >= 4 is 11.6 Å². The van der Waals surface area contributed by atoms with Crippen LogP contribution in [0, 0.1) is 11.6 Å². The first-order chi connectivity index (χ1) is 9.56. The zero-order valence-electron chi connectivity index (χ0n) is 10.6. The van der Waals surface area contributed by atoms with Gasteiger partial charge in [-0.25, -0.2) is 8.78 Å². The Morgan fingerprint density at radius 2 is 1.75 bits per heavy atom. The van der Waals surface area contributed by atoms with Gasteiger partial charge in [-0.2, -0.15) is 0 Å². The number of rotatable bonds is 5. The second kappa shape index (κ2) is 6.79. The van der Waals surface area contributed by atoms with Gasteiger partial charge in [-0.1, -0.05) is 29.8 Å². The Bertz CT molecular complexity index is 575. The molecule has 2 aromatic rings. The molecule has 0 bridgehead atoms. The number of hydrogen-bond donors (Lipinski definition) is 2. The molecule has 2 N–H and O–H groups in total. The molecule has 0 aromatic heterocycles. The lowest BCUT2D eigenvalue weighted by molar-refractivity contribution is 0.174. The molecule has 20 heavy (non-hydrogen) atoms. The Morgan fingerprint density at radius 3 is 2.40 bits per heavy atom. The van der Waals surface area contributed by atoms with Crippen molar-refractivity contribution in [1.82, 2.24) is 5.32 Å². The van der Waals surface area contributed by atoms with E-state index in [4.69, 9.17) is 11.6 Å². The predicted octanol–water partition coefficient (Wildman–Crippen LogP) is 3.44. The van der Waals surface area contributed by atoms with Crippen molar-refractivity contribution < 1.29 is 13.9 Å². The Labute approximate surface area is 121 Å². The highest BCUT2D eigenvalue weighted by Crippen LogP contribution is 2.16. The molecule has 5 heteroatoms. The molecule has 106 valence electrons. The molecule has 2 nitrogen and oxygen atoms in total. The number of aliphatic hydroxyl groups excluding tert-OH is 1. The Hall–Kier alpha value is -1.49. The molecule has 1 unspecified atom stereocenters. The highest BCUT2D eigenvalue weighted by atomic mass is 35.5. The van der Waals surface area contributed by atoms with Gasteiger partial charge in [0, 0.05) is 18.1 Å². The van der Waals surface area contributed by atoms with Gasteiger partial charge in [0.1, 0.15) is 0 Å². The second-order valence-electron chi connectivity index (χ2n) is 4.45. The highest BCUT2D eigenvalue weighted by Gasteiger charge is 2.07. The number of nitrogens with one attached hydrogen (secondary N) is 1. The molecule has 2 rings (SSSR count). The van der Waals surface area contributed by atoms with Crippen LogP contribution in [0.3, 0.4) is 0 Å². The minimum absolute atomic E-state index is 0.306. The predicted molar refractivity (Wildman–Crippen MR) is 74.5 cm³/mol. The van der Waals surface area contributed by atoms with Crippen LogP contribution >= 0.6 is 11.6 Å². The van der Waals surface area contributed by atoms with Crippen molar-refractivity contribution in [1.29, 1.82) is 0 Å². The number of aliphatic hydroxyl groups is 1. The van der Waals surface area contributed by atoms with Gasteiger partial charge in [-0.05, 0) is 35.4 Å². The monoisotopic (exact) mass is 297 g/mol. The minimum Gasteiger partial charge on any atom is -0.387 e.